The normalized spacial score (nSPS) is 10.7. The molecular formula is C29H27N7O2. The second-order valence-electron chi connectivity index (χ2n) is 8.44. The van der Waals surface area contributed by atoms with Gasteiger partial charge in [-0.2, -0.15) is 0 Å². The Morgan fingerprint density at radius 2 is 1.61 bits per heavy atom. The third-order valence-electron chi connectivity index (χ3n) is 6.05. The first-order chi connectivity index (χ1) is 18.5. The predicted molar refractivity (Wildman–Crippen MR) is 151 cm³/mol. The van der Waals surface area contributed by atoms with Gasteiger partial charge in [0.2, 0.25) is 11.9 Å². The number of nitrogens with two attached hydrogens (primary N) is 2. The minimum Gasteiger partial charge on any atom is -0.505 e. The van der Waals surface area contributed by atoms with Crippen molar-refractivity contribution in [2.24, 2.45) is 0 Å². The van der Waals surface area contributed by atoms with Gasteiger partial charge in [-0.1, -0.05) is 36.4 Å². The Kier molecular flexibility index (Phi) is 6.90. The van der Waals surface area contributed by atoms with E-state index in [1.54, 1.807) is 30.1 Å². The van der Waals surface area contributed by atoms with Crippen LogP contribution in [0.1, 0.15) is 5.56 Å². The van der Waals surface area contributed by atoms with Crippen LogP contribution in [0.5, 0.6) is 11.5 Å². The summed E-state index contributed by atoms with van der Waals surface area (Å²) in [5, 5.41) is 15.4. The summed E-state index contributed by atoms with van der Waals surface area (Å²) in [4.78, 5) is 12.6. The van der Waals surface area contributed by atoms with Gasteiger partial charge in [0, 0.05) is 35.6 Å². The van der Waals surface area contributed by atoms with E-state index in [0.29, 0.717) is 24.1 Å². The summed E-state index contributed by atoms with van der Waals surface area (Å²) in [5.74, 6) is 1.88. The monoisotopic (exact) mass is 505 g/mol. The Bertz CT molecular complexity index is 1680. The lowest BCUT2D eigenvalue weighted by molar-refractivity contribution is 0.415. The second kappa shape index (κ2) is 10.8. The summed E-state index contributed by atoms with van der Waals surface area (Å²) < 4.78 is 6.86. The van der Waals surface area contributed by atoms with Crippen LogP contribution in [0.3, 0.4) is 0 Å². The zero-order valence-corrected chi connectivity index (χ0v) is 20.7. The van der Waals surface area contributed by atoms with Gasteiger partial charge in [-0.15, -0.1) is 0 Å². The first-order valence-corrected chi connectivity index (χ1v) is 11.9. The number of rotatable bonds is 5. The molecule has 0 aliphatic rings. The largest absolute Gasteiger partial charge is 0.505 e. The highest BCUT2D eigenvalue weighted by molar-refractivity contribution is 5.96. The standard InChI is InChI=1S/C18H18N2O2.C11H9N5/c1-22-15-8-6-14(7-9-15)20-11-13-10-12-4-2-3-5-16(12)17(19)18(13)21;12-10-15-8-4-1-2-5-9(8)16(10)11-13-6-3-7-14-11/h2-10,20-21H,11,19H2,1H3;1-7H,(H2,12,15). The quantitative estimate of drug-likeness (QED) is 0.187. The highest BCUT2D eigenvalue weighted by atomic mass is 16.5. The van der Waals surface area contributed by atoms with Crippen LogP contribution in [0.15, 0.2) is 97.3 Å². The van der Waals surface area contributed by atoms with Gasteiger partial charge in [0.25, 0.3) is 0 Å². The number of aromatic nitrogens is 4. The number of nitrogens with one attached hydrogen (secondary N) is 1. The molecule has 9 nitrogen and oxygen atoms in total. The van der Waals surface area contributed by atoms with Crippen LogP contribution in [-0.2, 0) is 6.54 Å². The first kappa shape index (κ1) is 24.4. The van der Waals surface area contributed by atoms with Gasteiger partial charge in [-0.05, 0) is 53.9 Å². The van der Waals surface area contributed by atoms with Crippen molar-refractivity contribution < 1.29 is 9.84 Å². The van der Waals surface area contributed by atoms with E-state index in [1.807, 2.05) is 78.9 Å². The van der Waals surface area contributed by atoms with Gasteiger partial charge in [0.05, 0.1) is 23.8 Å². The summed E-state index contributed by atoms with van der Waals surface area (Å²) in [6.45, 7) is 0.493. The molecule has 0 fully saturated rings. The number of ether oxygens (including phenoxy) is 1. The maximum atomic E-state index is 10.3. The van der Waals surface area contributed by atoms with Gasteiger partial charge in [0.1, 0.15) is 11.5 Å². The molecule has 6 N–H and O–H groups in total. The lowest BCUT2D eigenvalue weighted by atomic mass is 10.0. The predicted octanol–water partition coefficient (Wildman–Crippen LogP) is 5.15. The number of phenols is 1. The third-order valence-corrected chi connectivity index (χ3v) is 6.05. The molecule has 9 heteroatoms. The topological polar surface area (TPSA) is 137 Å². The number of benzene rings is 4. The number of fused-ring (bicyclic) bond motifs is 2. The van der Waals surface area contributed by atoms with Crippen LogP contribution < -0.4 is 21.5 Å². The van der Waals surface area contributed by atoms with Crippen molar-refractivity contribution in [1.29, 1.82) is 0 Å². The van der Waals surface area contributed by atoms with Crippen molar-refractivity contribution in [1.82, 2.24) is 19.5 Å². The van der Waals surface area contributed by atoms with E-state index < -0.39 is 0 Å². The highest BCUT2D eigenvalue weighted by Gasteiger charge is 2.11. The van der Waals surface area contributed by atoms with Gasteiger partial charge >= 0.3 is 0 Å². The molecule has 0 saturated heterocycles. The van der Waals surface area contributed by atoms with Crippen LogP contribution in [0.4, 0.5) is 17.3 Å². The molecule has 2 aromatic heterocycles. The fraction of sp³-hybridized carbons (Fsp3) is 0.0690. The van der Waals surface area contributed by atoms with Crippen LogP contribution in [0, 0.1) is 0 Å². The number of hydrogen-bond donors (Lipinski definition) is 4. The van der Waals surface area contributed by atoms with Crippen molar-refractivity contribution in [3.8, 4) is 17.4 Å². The number of nitrogens with zero attached hydrogens (tertiary/aromatic N) is 4. The molecule has 4 aromatic carbocycles. The highest BCUT2D eigenvalue weighted by Crippen LogP contribution is 2.34. The Balaban J connectivity index is 0.000000162. The molecule has 2 heterocycles. The number of anilines is 3. The van der Waals surface area contributed by atoms with Gasteiger partial charge < -0.3 is 26.6 Å². The van der Waals surface area contributed by atoms with Crippen molar-refractivity contribution in [3.05, 3.63) is 103 Å². The third kappa shape index (κ3) is 4.98. The zero-order chi connectivity index (χ0) is 26.5. The average Bonchev–Trinajstić information content (AvgIpc) is 3.31. The molecular weight excluding hydrogens is 478 g/mol. The average molecular weight is 506 g/mol. The van der Waals surface area contributed by atoms with Crippen LogP contribution in [0.2, 0.25) is 0 Å². The molecule has 6 aromatic rings. The molecule has 0 amide bonds. The molecule has 0 atom stereocenters. The number of hydrogen-bond acceptors (Lipinski definition) is 8. The zero-order valence-electron chi connectivity index (χ0n) is 20.7. The van der Waals surface area contributed by atoms with Crippen molar-refractivity contribution in [3.63, 3.8) is 0 Å². The number of nitrogen functional groups attached to an aromatic ring is 2. The fourth-order valence-corrected chi connectivity index (χ4v) is 4.13. The molecule has 0 radical (unpaired) electrons. The van der Waals surface area contributed by atoms with Crippen LogP contribution in [-0.4, -0.2) is 31.7 Å². The van der Waals surface area contributed by atoms with Gasteiger partial charge in [0.15, 0.2) is 0 Å². The number of para-hydroxylation sites is 2. The Hall–Kier alpha value is -5.31. The Labute approximate surface area is 219 Å². The maximum absolute atomic E-state index is 10.3. The van der Waals surface area contributed by atoms with Crippen molar-refractivity contribution >= 4 is 39.1 Å². The number of methoxy groups -OCH3 is 1. The van der Waals surface area contributed by atoms with Crippen LogP contribution in [0.25, 0.3) is 27.8 Å². The van der Waals surface area contributed by atoms with Crippen molar-refractivity contribution in [2.45, 2.75) is 6.54 Å². The summed E-state index contributed by atoms with van der Waals surface area (Å²) in [6, 6.07) is 26.8. The lowest BCUT2D eigenvalue weighted by Crippen LogP contribution is -2.04. The number of aromatic hydroxyl groups is 1. The maximum Gasteiger partial charge on any atom is 0.236 e. The molecule has 190 valence electrons. The molecule has 38 heavy (non-hydrogen) atoms. The molecule has 0 aliphatic heterocycles. The molecule has 0 saturated carbocycles. The van der Waals surface area contributed by atoms with E-state index in [1.165, 1.54) is 0 Å². The van der Waals surface area contributed by atoms with Crippen molar-refractivity contribution in [2.75, 3.05) is 23.9 Å². The van der Waals surface area contributed by atoms with E-state index in [0.717, 1.165) is 38.8 Å². The Morgan fingerprint density at radius 3 is 2.37 bits per heavy atom. The minimum atomic E-state index is 0.139. The summed E-state index contributed by atoms with van der Waals surface area (Å²) in [5.41, 5.74) is 15.8. The lowest BCUT2D eigenvalue weighted by Gasteiger charge is -2.12. The van der Waals surface area contributed by atoms with E-state index in [-0.39, 0.29) is 5.75 Å². The van der Waals surface area contributed by atoms with E-state index in [4.69, 9.17) is 16.2 Å². The number of phenolic OH excluding ortho intramolecular Hbond substituents is 1. The first-order valence-electron chi connectivity index (χ1n) is 11.9. The van der Waals surface area contributed by atoms with E-state index in [9.17, 15) is 5.11 Å². The summed E-state index contributed by atoms with van der Waals surface area (Å²) >= 11 is 0. The minimum absolute atomic E-state index is 0.139. The summed E-state index contributed by atoms with van der Waals surface area (Å²) in [7, 11) is 1.64. The molecule has 0 bridgehead atoms. The number of imidazole rings is 1. The van der Waals surface area contributed by atoms with Gasteiger partial charge in [-0.25, -0.2) is 19.5 Å². The molecule has 0 spiro atoms. The summed E-state index contributed by atoms with van der Waals surface area (Å²) in [6.07, 6.45) is 3.35. The van der Waals surface area contributed by atoms with E-state index >= 15 is 0 Å². The Morgan fingerprint density at radius 1 is 0.895 bits per heavy atom. The van der Waals surface area contributed by atoms with Gasteiger partial charge in [-0.3, -0.25) is 0 Å². The molecule has 0 unspecified atom stereocenters. The molecule has 0 aliphatic carbocycles. The second-order valence-corrected chi connectivity index (χ2v) is 8.44. The van der Waals surface area contributed by atoms with E-state index in [2.05, 4.69) is 20.3 Å². The fourth-order valence-electron chi connectivity index (χ4n) is 4.13. The smallest absolute Gasteiger partial charge is 0.236 e. The SMILES string of the molecule is COc1ccc(NCc2cc3ccccc3c(N)c2O)cc1.Nc1nc2ccccc2n1-c1ncccn1. The van der Waals surface area contributed by atoms with Crippen LogP contribution >= 0.6 is 0 Å². The molecule has 6 rings (SSSR count).